The third kappa shape index (κ3) is 4.94. The van der Waals surface area contributed by atoms with Crippen LogP contribution in [0.25, 0.3) is 0 Å². The zero-order valence-corrected chi connectivity index (χ0v) is 12.7. The van der Waals surface area contributed by atoms with E-state index in [1.54, 1.807) is 13.3 Å². The number of anilines is 1. The van der Waals surface area contributed by atoms with Crippen molar-refractivity contribution in [1.82, 2.24) is 5.43 Å². The first kappa shape index (κ1) is 15.6. The normalized spacial score (nSPS) is 10.5. The number of aryl methyl sites for hydroxylation is 1. The number of benzene rings is 2. The Hall–Kier alpha value is -2.82. The molecule has 0 aliphatic rings. The fraction of sp³-hybridized carbons (Fsp3) is 0.176. The molecular weight excluding hydrogens is 278 g/mol. The predicted molar refractivity (Wildman–Crippen MR) is 88.4 cm³/mol. The fourth-order valence-corrected chi connectivity index (χ4v) is 1.88. The van der Waals surface area contributed by atoms with E-state index in [9.17, 15) is 4.79 Å². The second-order valence-corrected chi connectivity index (χ2v) is 4.79. The Morgan fingerprint density at radius 2 is 2.05 bits per heavy atom. The third-order valence-electron chi connectivity index (χ3n) is 2.97. The molecule has 0 aromatic heterocycles. The molecule has 0 fully saturated rings. The number of carbonyl (C=O) groups excluding carboxylic acids is 1. The van der Waals surface area contributed by atoms with Crippen molar-refractivity contribution < 1.29 is 9.53 Å². The number of hydrogen-bond donors (Lipinski definition) is 2. The predicted octanol–water partition coefficient (Wildman–Crippen LogP) is 2.57. The highest BCUT2D eigenvalue weighted by atomic mass is 16.5. The van der Waals surface area contributed by atoms with Gasteiger partial charge >= 0.3 is 0 Å². The standard InChI is InChI=1S/C17H19N3O2/c1-13-5-3-7-15(9-13)18-12-17(21)20-19-11-14-6-4-8-16(10-14)22-2/h3-11,18H,12H2,1-2H3,(H,20,21). The molecule has 0 bridgehead atoms. The summed E-state index contributed by atoms with van der Waals surface area (Å²) in [5, 5.41) is 6.97. The van der Waals surface area contributed by atoms with Gasteiger partial charge in [-0.1, -0.05) is 24.3 Å². The molecular formula is C17H19N3O2. The van der Waals surface area contributed by atoms with E-state index < -0.39 is 0 Å². The molecule has 1 amide bonds. The molecule has 2 N–H and O–H groups in total. The van der Waals surface area contributed by atoms with Crippen LogP contribution in [-0.2, 0) is 4.79 Å². The van der Waals surface area contributed by atoms with Crippen molar-refractivity contribution in [2.24, 2.45) is 5.10 Å². The van der Waals surface area contributed by atoms with Crippen LogP contribution in [0.15, 0.2) is 53.6 Å². The molecule has 5 heteroatoms. The maximum Gasteiger partial charge on any atom is 0.259 e. The number of hydrazone groups is 1. The molecule has 0 saturated carbocycles. The molecule has 0 spiro atoms. The summed E-state index contributed by atoms with van der Waals surface area (Å²) in [6.07, 6.45) is 1.58. The summed E-state index contributed by atoms with van der Waals surface area (Å²) >= 11 is 0. The molecule has 2 aromatic carbocycles. The first-order valence-corrected chi connectivity index (χ1v) is 6.94. The Morgan fingerprint density at radius 1 is 1.23 bits per heavy atom. The largest absolute Gasteiger partial charge is 0.497 e. The molecule has 0 atom stereocenters. The van der Waals surface area contributed by atoms with E-state index in [1.165, 1.54) is 0 Å². The quantitative estimate of drug-likeness (QED) is 0.636. The van der Waals surface area contributed by atoms with E-state index in [2.05, 4.69) is 15.8 Å². The molecule has 22 heavy (non-hydrogen) atoms. The zero-order valence-electron chi connectivity index (χ0n) is 12.7. The second-order valence-electron chi connectivity index (χ2n) is 4.79. The maximum absolute atomic E-state index is 11.7. The van der Waals surface area contributed by atoms with Gasteiger partial charge in [-0.15, -0.1) is 0 Å². The fourth-order valence-electron chi connectivity index (χ4n) is 1.88. The van der Waals surface area contributed by atoms with Gasteiger partial charge in [-0.3, -0.25) is 4.79 Å². The highest BCUT2D eigenvalue weighted by Gasteiger charge is 1.99. The molecule has 0 aliphatic heterocycles. The Labute approximate surface area is 130 Å². The first-order chi connectivity index (χ1) is 10.7. The van der Waals surface area contributed by atoms with Gasteiger partial charge in [-0.05, 0) is 42.3 Å². The minimum Gasteiger partial charge on any atom is -0.497 e. The Morgan fingerprint density at radius 3 is 2.82 bits per heavy atom. The summed E-state index contributed by atoms with van der Waals surface area (Å²) in [6, 6.07) is 15.3. The number of nitrogens with zero attached hydrogens (tertiary/aromatic N) is 1. The SMILES string of the molecule is COc1cccc(C=NNC(=O)CNc2cccc(C)c2)c1. The number of amides is 1. The second kappa shape index (κ2) is 7.83. The van der Waals surface area contributed by atoms with Crippen LogP contribution in [0, 0.1) is 6.92 Å². The number of nitrogens with one attached hydrogen (secondary N) is 2. The van der Waals surface area contributed by atoms with Crippen LogP contribution in [0.1, 0.15) is 11.1 Å². The van der Waals surface area contributed by atoms with Crippen LogP contribution >= 0.6 is 0 Å². The van der Waals surface area contributed by atoms with Crippen LogP contribution in [-0.4, -0.2) is 25.8 Å². The molecule has 0 radical (unpaired) electrons. The molecule has 2 rings (SSSR count). The molecule has 0 unspecified atom stereocenters. The van der Waals surface area contributed by atoms with E-state index in [0.717, 1.165) is 22.6 Å². The highest BCUT2D eigenvalue weighted by Crippen LogP contribution is 2.10. The molecule has 0 aliphatic carbocycles. The summed E-state index contributed by atoms with van der Waals surface area (Å²) < 4.78 is 5.12. The van der Waals surface area contributed by atoms with Crippen molar-refractivity contribution in [2.75, 3.05) is 19.0 Å². The number of methoxy groups -OCH3 is 1. The van der Waals surface area contributed by atoms with Crippen molar-refractivity contribution in [3.05, 3.63) is 59.7 Å². The van der Waals surface area contributed by atoms with Crippen molar-refractivity contribution in [1.29, 1.82) is 0 Å². The Balaban J connectivity index is 1.81. The lowest BCUT2D eigenvalue weighted by molar-refractivity contribution is -0.119. The highest BCUT2D eigenvalue weighted by molar-refractivity contribution is 5.84. The van der Waals surface area contributed by atoms with Gasteiger partial charge in [0.2, 0.25) is 0 Å². The lowest BCUT2D eigenvalue weighted by atomic mass is 10.2. The molecule has 5 nitrogen and oxygen atoms in total. The van der Waals surface area contributed by atoms with E-state index in [-0.39, 0.29) is 12.5 Å². The molecule has 114 valence electrons. The van der Waals surface area contributed by atoms with Crippen LogP contribution in [0.4, 0.5) is 5.69 Å². The van der Waals surface area contributed by atoms with Crippen LogP contribution in [0.3, 0.4) is 0 Å². The van der Waals surface area contributed by atoms with Crippen molar-refractivity contribution in [3.8, 4) is 5.75 Å². The van der Waals surface area contributed by atoms with Gasteiger partial charge in [0.15, 0.2) is 0 Å². The first-order valence-electron chi connectivity index (χ1n) is 6.94. The maximum atomic E-state index is 11.7. The average Bonchev–Trinajstić information content (AvgIpc) is 2.53. The molecule has 0 saturated heterocycles. The summed E-state index contributed by atoms with van der Waals surface area (Å²) in [6.45, 7) is 2.17. The van der Waals surface area contributed by atoms with Crippen molar-refractivity contribution in [3.63, 3.8) is 0 Å². The minimum absolute atomic E-state index is 0.166. The van der Waals surface area contributed by atoms with Gasteiger partial charge in [0, 0.05) is 5.69 Å². The van der Waals surface area contributed by atoms with E-state index in [4.69, 9.17) is 4.74 Å². The topological polar surface area (TPSA) is 62.7 Å². The summed E-state index contributed by atoms with van der Waals surface area (Å²) in [5.41, 5.74) is 5.38. The van der Waals surface area contributed by atoms with E-state index in [1.807, 2.05) is 55.5 Å². The number of ether oxygens (including phenoxy) is 1. The summed E-state index contributed by atoms with van der Waals surface area (Å²) in [4.78, 5) is 11.7. The summed E-state index contributed by atoms with van der Waals surface area (Å²) in [7, 11) is 1.61. The molecule has 0 heterocycles. The van der Waals surface area contributed by atoms with Crippen LogP contribution in [0.2, 0.25) is 0 Å². The van der Waals surface area contributed by atoms with E-state index >= 15 is 0 Å². The van der Waals surface area contributed by atoms with Gasteiger partial charge in [0.1, 0.15) is 5.75 Å². The Bertz CT molecular complexity index is 668. The lowest BCUT2D eigenvalue weighted by Crippen LogP contribution is -2.25. The smallest absolute Gasteiger partial charge is 0.259 e. The Kier molecular flexibility index (Phi) is 5.54. The van der Waals surface area contributed by atoms with Crippen molar-refractivity contribution in [2.45, 2.75) is 6.92 Å². The third-order valence-corrected chi connectivity index (χ3v) is 2.97. The zero-order chi connectivity index (χ0) is 15.8. The number of carbonyl (C=O) groups is 1. The van der Waals surface area contributed by atoms with Gasteiger partial charge in [0.25, 0.3) is 5.91 Å². The average molecular weight is 297 g/mol. The van der Waals surface area contributed by atoms with Gasteiger partial charge < -0.3 is 10.1 Å². The van der Waals surface area contributed by atoms with E-state index in [0.29, 0.717) is 0 Å². The van der Waals surface area contributed by atoms with Gasteiger partial charge in [-0.2, -0.15) is 5.10 Å². The van der Waals surface area contributed by atoms with Gasteiger partial charge in [0.05, 0.1) is 19.9 Å². The molecule has 2 aromatic rings. The monoisotopic (exact) mass is 297 g/mol. The number of rotatable bonds is 6. The minimum atomic E-state index is -0.208. The lowest BCUT2D eigenvalue weighted by Gasteiger charge is -2.05. The number of hydrogen-bond acceptors (Lipinski definition) is 4. The van der Waals surface area contributed by atoms with Gasteiger partial charge in [-0.25, -0.2) is 5.43 Å². The summed E-state index contributed by atoms with van der Waals surface area (Å²) in [5.74, 6) is 0.539. The van der Waals surface area contributed by atoms with Crippen LogP contribution in [0.5, 0.6) is 5.75 Å². The van der Waals surface area contributed by atoms with Crippen molar-refractivity contribution >= 4 is 17.8 Å². The van der Waals surface area contributed by atoms with Crippen LogP contribution < -0.4 is 15.5 Å².